The summed E-state index contributed by atoms with van der Waals surface area (Å²) in [6.45, 7) is 1.34. The highest BCUT2D eigenvalue weighted by Crippen LogP contribution is 2.32. The van der Waals surface area contributed by atoms with Gasteiger partial charge in [-0.1, -0.05) is 72.8 Å². The van der Waals surface area contributed by atoms with Gasteiger partial charge in [0.05, 0.1) is 29.0 Å². The van der Waals surface area contributed by atoms with E-state index in [0.717, 1.165) is 57.5 Å². The van der Waals surface area contributed by atoms with E-state index in [0.29, 0.717) is 19.8 Å². The fraction of sp³-hybridized carbons (Fsp3) is 0.167. The van der Waals surface area contributed by atoms with Crippen LogP contribution >= 0.6 is 0 Å². The first kappa shape index (κ1) is 27.4. The molecule has 0 fully saturated rings. The Kier molecular flexibility index (Phi) is 8.65. The van der Waals surface area contributed by atoms with E-state index in [4.69, 9.17) is 30.2 Å². The van der Waals surface area contributed by atoms with Crippen molar-refractivity contribution in [2.75, 3.05) is 6.61 Å². The molecule has 0 saturated heterocycles. The SMILES string of the molecule is NOCCCC(c1ccc(OCc2ccc3ccccc3n2)cc1)c1ccc(OCc2ccc3ccccc3n2)cc1. The second kappa shape index (κ2) is 13.3. The molecule has 0 amide bonds. The molecule has 6 nitrogen and oxygen atoms in total. The minimum Gasteiger partial charge on any atom is -0.487 e. The van der Waals surface area contributed by atoms with Crippen molar-refractivity contribution in [2.45, 2.75) is 32.0 Å². The molecular formula is C36H33N3O3. The molecule has 0 aliphatic carbocycles. The predicted octanol–water partition coefficient (Wildman–Crippen LogP) is 7.74. The summed E-state index contributed by atoms with van der Waals surface area (Å²) in [6, 6.07) is 41.0. The van der Waals surface area contributed by atoms with Crippen molar-refractivity contribution in [3.8, 4) is 11.5 Å². The average Bonchev–Trinajstić information content (AvgIpc) is 3.05. The maximum atomic E-state index is 6.06. The Hall–Kier alpha value is -4.78. The number of aromatic nitrogens is 2. The zero-order chi connectivity index (χ0) is 28.6. The van der Waals surface area contributed by atoms with Crippen LogP contribution in [0.1, 0.15) is 41.3 Å². The van der Waals surface area contributed by atoms with Crippen LogP contribution in [0.3, 0.4) is 0 Å². The first-order valence-corrected chi connectivity index (χ1v) is 14.2. The molecule has 0 atom stereocenters. The van der Waals surface area contributed by atoms with Crippen molar-refractivity contribution in [1.29, 1.82) is 0 Å². The summed E-state index contributed by atoms with van der Waals surface area (Å²) in [4.78, 5) is 14.3. The summed E-state index contributed by atoms with van der Waals surface area (Å²) in [5, 5.41) is 2.25. The van der Waals surface area contributed by atoms with Crippen LogP contribution in [0.15, 0.2) is 121 Å². The molecule has 2 aromatic heterocycles. The van der Waals surface area contributed by atoms with Crippen LogP contribution in [0, 0.1) is 0 Å². The molecule has 210 valence electrons. The van der Waals surface area contributed by atoms with Crippen LogP contribution in [0.5, 0.6) is 11.5 Å². The molecule has 0 unspecified atom stereocenters. The first-order valence-electron chi connectivity index (χ1n) is 14.2. The van der Waals surface area contributed by atoms with E-state index in [1.165, 1.54) is 11.1 Å². The Morgan fingerprint density at radius 3 is 1.50 bits per heavy atom. The lowest BCUT2D eigenvalue weighted by Gasteiger charge is -2.19. The largest absolute Gasteiger partial charge is 0.487 e. The second-order valence-corrected chi connectivity index (χ2v) is 10.3. The van der Waals surface area contributed by atoms with Gasteiger partial charge in [-0.3, -0.25) is 0 Å². The molecule has 2 N–H and O–H groups in total. The molecule has 6 rings (SSSR count). The number of ether oxygens (including phenoxy) is 2. The average molecular weight is 556 g/mol. The molecular weight excluding hydrogens is 522 g/mol. The molecule has 0 radical (unpaired) electrons. The molecule has 6 aromatic rings. The number of pyridine rings is 2. The lowest BCUT2D eigenvalue weighted by atomic mass is 9.87. The summed E-state index contributed by atoms with van der Waals surface area (Å²) in [5.74, 6) is 7.12. The third-order valence-corrected chi connectivity index (χ3v) is 7.41. The van der Waals surface area contributed by atoms with Gasteiger partial charge in [-0.05, 0) is 72.5 Å². The number of hydrogen-bond acceptors (Lipinski definition) is 6. The Bertz CT molecular complexity index is 1630. The number of nitrogens with zero attached hydrogens (tertiary/aromatic N) is 2. The topological polar surface area (TPSA) is 79.5 Å². The second-order valence-electron chi connectivity index (χ2n) is 10.3. The molecule has 4 aromatic carbocycles. The standard InChI is InChI=1S/C36H33N3O3/c37-42-23-5-8-34(26-13-19-32(20-14-26)40-24-30-17-11-28-6-1-3-9-35(28)38-30)27-15-21-33(22-16-27)41-25-31-18-12-29-7-2-4-10-36(29)39-31/h1-4,6-7,9-22,34H,5,8,23-25,37H2. The molecule has 0 aliphatic heterocycles. The van der Waals surface area contributed by atoms with E-state index in [-0.39, 0.29) is 5.92 Å². The minimum absolute atomic E-state index is 0.188. The number of nitrogens with two attached hydrogens (primary N) is 1. The number of hydrogen-bond donors (Lipinski definition) is 1. The fourth-order valence-corrected chi connectivity index (χ4v) is 5.18. The highest BCUT2D eigenvalue weighted by atomic mass is 16.6. The highest BCUT2D eigenvalue weighted by molar-refractivity contribution is 5.79. The quantitative estimate of drug-likeness (QED) is 0.123. The monoisotopic (exact) mass is 555 g/mol. The van der Waals surface area contributed by atoms with E-state index in [1.54, 1.807) is 0 Å². The smallest absolute Gasteiger partial charge is 0.130 e. The van der Waals surface area contributed by atoms with Crippen LogP contribution in [0.4, 0.5) is 0 Å². The van der Waals surface area contributed by atoms with Crippen LogP contribution in [0.2, 0.25) is 0 Å². The Morgan fingerprint density at radius 2 is 1.02 bits per heavy atom. The van der Waals surface area contributed by atoms with Crippen molar-refractivity contribution in [3.05, 3.63) is 144 Å². The zero-order valence-corrected chi connectivity index (χ0v) is 23.4. The summed E-state index contributed by atoms with van der Waals surface area (Å²) >= 11 is 0. The van der Waals surface area contributed by atoms with E-state index in [1.807, 2.05) is 72.8 Å². The Morgan fingerprint density at radius 1 is 0.548 bits per heavy atom. The van der Waals surface area contributed by atoms with Gasteiger partial charge in [0.15, 0.2) is 0 Å². The highest BCUT2D eigenvalue weighted by Gasteiger charge is 2.15. The van der Waals surface area contributed by atoms with Gasteiger partial charge in [-0.15, -0.1) is 0 Å². The van der Waals surface area contributed by atoms with Crippen molar-refractivity contribution < 1.29 is 14.3 Å². The van der Waals surface area contributed by atoms with E-state index < -0.39 is 0 Å². The van der Waals surface area contributed by atoms with Gasteiger partial charge in [0.1, 0.15) is 24.7 Å². The van der Waals surface area contributed by atoms with Gasteiger partial charge in [-0.2, -0.15) is 0 Å². The molecule has 2 heterocycles. The summed E-state index contributed by atoms with van der Waals surface area (Å²) in [6.07, 6.45) is 1.75. The fourth-order valence-electron chi connectivity index (χ4n) is 5.18. The van der Waals surface area contributed by atoms with Crippen LogP contribution < -0.4 is 15.4 Å². The maximum absolute atomic E-state index is 6.06. The van der Waals surface area contributed by atoms with E-state index in [9.17, 15) is 0 Å². The third-order valence-electron chi connectivity index (χ3n) is 7.41. The number of benzene rings is 4. The van der Waals surface area contributed by atoms with Gasteiger partial charge in [-0.25, -0.2) is 15.9 Å². The first-order chi connectivity index (χ1) is 20.7. The molecule has 0 bridgehead atoms. The van der Waals surface area contributed by atoms with Gasteiger partial charge < -0.3 is 14.3 Å². The van der Waals surface area contributed by atoms with Gasteiger partial charge in [0.25, 0.3) is 0 Å². The van der Waals surface area contributed by atoms with Gasteiger partial charge >= 0.3 is 0 Å². The number of fused-ring (bicyclic) bond motifs is 2. The lowest BCUT2D eigenvalue weighted by Crippen LogP contribution is -2.06. The van der Waals surface area contributed by atoms with Crippen molar-refractivity contribution in [3.63, 3.8) is 0 Å². The van der Waals surface area contributed by atoms with E-state index >= 15 is 0 Å². The summed E-state index contributed by atoms with van der Waals surface area (Å²) in [7, 11) is 0. The lowest BCUT2D eigenvalue weighted by molar-refractivity contribution is 0.133. The zero-order valence-electron chi connectivity index (χ0n) is 23.4. The van der Waals surface area contributed by atoms with Crippen LogP contribution in [0.25, 0.3) is 21.8 Å². The van der Waals surface area contributed by atoms with Crippen molar-refractivity contribution >= 4 is 21.8 Å². The maximum Gasteiger partial charge on any atom is 0.130 e. The summed E-state index contributed by atoms with van der Waals surface area (Å²) < 4.78 is 12.1. The predicted molar refractivity (Wildman–Crippen MR) is 166 cm³/mol. The van der Waals surface area contributed by atoms with Crippen LogP contribution in [-0.2, 0) is 18.1 Å². The Labute approximate surface area is 245 Å². The normalized spacial score (nSPS) is 11.3. The third kappa shape index (κ3) is 6.74. The van der Waals surface area contributed by atoms with Gasteiger partial charge in [0.2, 0.25) is 0 Å². The van der Waals surface area contributed by atoms with Crippen molar-refractivity contribution in [1.82, 2.24) is 9.97 Å². The minimum atomic E-state index is 0.188. The van der Waals surface area contributed by atoms with Gasteiger partial charge in [0, 0.05) is 16.7 Å². The summed E-state index contributed by atoms with van der Waals surface area (Å²) in [5.41, 5.74) is 6.15. The van der Waals surface area contributed by atoms with E-state index in [2.05, 4.69) is 48.5 Å². The molecule has 0 saturated carbocycles. The number of para-hydroxylation sites is 2. The van der Waals surface area contributed by atoms with Crippen LogP contribution in [-0.4, -0.2) is 16.6 Å². The van der Waals surface area contributed by atoms with Crippen molar-refractivity contribution in [2.24, 2.45) is 5.90 Å². The number of rotatable bonds is 12. The molecule has 0 spiro atoms. The Balaban J connectivity index is 1.11. The molecule has 6 heteroatoms. The molecule has 42 heavy (non-hydrogen) atoms. The molecule has 0 aliphatic rings.